The Labute approximate surface area is 135 Å². The van der Waals surface area contributed by atoms with Crippen molar-refractivity contribution < 1.29 is 9.53 Å². The molecule has 2 aliphatic rings. The zero-order valence-corrected chi connectivity index (χ0v) is 12.9. The Kier molecular flexibility index (Phi) is 3.81. The Morgan fingerprint density at radius 1 is 1.04 bits per heavy atom. The molecule has 1 atom stereocenters. The molecule has 0 radical (unpaired) electrons. The number of cyclic esters (lactones) is 1. The van der Waals surface area contributed by atoms with Crippen molar-refractivity contribution in [2.24, 2.45) is 0 Å². The molecule has 1 fully saturated rings. The van der Waals surface area contributed by atoms with Crippen LogP contribution in [0.2, 0.25) is 0 Å². The number of ether oxygens (including phenoxy) is 1. The smallest absolute Gasteiger partial charge is 0.340 e. The zero-order chi connectivity index (χ0) is 15.6. The van der Waals surface area contributed by atoms with Gasteiger partial charge < -0.3 is 4.74 Å². The molecule has 2 aliphatic heterocycles. The molecule has 118 valence electrons. The van der Waals surface area contributed by atoms with Gasteiger partial charge in [0, 0.05) is 44.5 Å². The van der Waals surface area contributed by atoms with E-state index in [9.17, 15) is 4.79 Å². The van der Waals surface area contributed by atoms with E-state index in [4.69, 9.17) is 4.74 Å². The van der Waals surface area contributed by atoms with E-state index in [1.54, 1.807) is 0 Å². The molecule has 1 aromatic carbocycles. The van der Waals surface area contributed by atoms with Gasteiger partial charge in [-0.25, -0.2) is 4.79 Å². The summed E-state index contributed by atoms with van der Waals surface area (Å²) in [5.41, 5.74) is 2.79. The summed E-state index contributed by atoms with van der Waals surface area (Å²) in [6.45, 7) is 4.55. The summed E-state index contributed by atoms with van der Waals surface area (Å²) in [5.74, 6) is -0.207. The van der Waals surface area contributed by atoms with Crippen LogP contribution in [-0.2, 0) is 11.3 Å². The Hall–Kier alpha value is -2.24. The van der Waals surface area contributed by atoms with Gasteiger partial charge in [-0.3, -0.25) is 14.8 Å². The minimum Gasteiger partial charge on any atom is -0.438 e. The van der Waals surface area contributed by atoms with E-state index in [0.717, 1.165) is 44.0 Å². The van der Waals surface area contributed by atoms with Crippen LogP contribution in [0.4, 0.5) is 0 Å². The number of esters is 1. The number of carbonyl (C=O) groups is 1. The van der Waals surface area contributed by atoms with Crippen LogP contribution in [0.3, 0.4) is 0 Å². The Balaban J connectivity index is 1.40. The van der Waals surface area contributed by atoms with Crippen molar-refractivity contribution in [3.8, 4) is 0 Å². The van der Waals surface area contributed by atoms with Gasteiger partial charge in [0.15, 0.2) is 6.23 Å². The molecule has 0 aliphatic carbocycles. The number of piperazine rings is 1. The van der Waals surface area contributed by atoms with Gasteiger partial charge in [-0.2, -0.15) is 0 Å². The van der Waals surface area contributed by atoms with E-state index in [1.807, 2.05) is 42.6 Å². The number of fused-ring (bicyclic) bond motifs is 1. The molecular formula is C18H19N3O2. The van der Waals surface area contributed by atoms with Gasteiger partial charge in [0.2, 0.25) is 0 Å². The highest BCUT2D eigenvalue weighted by atomic mass is 16.6. The highest BCUT2D eigenvalue weighted by Crippen LogP contribution is 2.33. The van der Waals surface area contributed by atoms with Crippen LogP contribution in [0.15, 0.2) is 48.7 Å². The van der Waals surface area contributed by atoms with E-state index in [0.29, 0.717) is 5.56 Å². The first-order valence-corrected chi connectivity index (χ1v) is 7.97. The molecule has 2 aromatic rings. The molecular weight excluding hydrogens is 290 g/mol. The molecule has 0 saturated carbocycles. The van der Waals surface area contributed by atoms with Crippen molar-refractivity contribution in [2.75, 3.05) is 26.2 Å². The van der Waals surface area contributed by atoms with Crippen molar-refractivity contribution in [1.29, 1.82) is 0 Å². The first kappa shape index (κ1) is 14.4. The quantitative estimate of drug-likeness (QED) is 0.812. The monoisotopic (exact) mass is 309 g/mol. The molecule has 0 N–H and O–H groups in total. The van der Waals surface area contributed by atoms with Crippen LogP contribution in [0.1, 0.15) is 27.8 Å². The summed E-state index contributed by atoms with van der Waals surface area (Å²) in [5, 5.41) is 0. The number of hydrogen-bond donors (Lipinski definition) is 0. The Morgan fingerprint density at radius 2 is 1.83 bits per heavy atom. The number of aromatic nitrogens is 1. The lowest BCUT2D eigenvalue weighted by Crippen LogP contribution is -2.47. The summed E-state index contributed by atoms with van der Waals surface area (Å²) in [7, 11) is 0. The molecule has 0 spiro atoms. The van der Waals surface area contributed by atoms with Gasteiger partial charge in [-0.1, -0.05) is 24.3 Å². The first-order chi connectivity index (χ1) is 11.3. The van der Waals surface area contributed by atoms with Crippen molar-refractivity contribution in [3.63, 3.8) is 0 Å². The molecule has 3 heterocycles. The highest BCUT2D eigenvalue weighted by molar-refractivity contribution is 5.93. The minimum absolute atomic E-state index is 0.207. The summed E-state index contributed by atoms with van der Waals surface area (Å²) in [6.07, 6.45) is 1.61. The second kappa shape index (κ2) is 6.10. The molecule has 23 heavy (non-hydrogen) atoms. The molecule has 0 bridgehead atoms. The lowest BCUT2D eigenvalue weighted by atomic mass is 10.1. The van der Waals surface area contributed by atoms with Gasteiger partial charge in [-0.05, 0) is 18.2 Å². The van der Waals surface area contributed by atoms with Crippen LogP contribution in [0, 0.1) is 0 Å². The Bertz CT molecular complexity index is 696. The molecule has 0 amide bonds. The molecule has 4 rings (SSSR count). The first-order valence-electron chi connectivity index (χ1n) is 7.97. The van der Waals surface area contributed by atoms with Crippen molar-refractivity contribution in [1.82, 2.24) is 14.8 Å². The standard InChI is InChI=1S/C18H19N3O2/c22-18-16-7-2-1-6-15(16)17(23-18)21-11-9-20(10-12-21)13-14-5-3-4-8-19-14/h1-8,17H,9-13H2/t17-/m1/s1. The van der Waals surface area contributed by atoms with E-state index < -0.39 is 0 Å². The predicted molar refractivity (Wildman–Crippen MR) is 85.7 cm³/mol. The third-order valence-corrected chi connectivity index (χ3v) is 4.52. The molecule has 5 heteroatoms. The largest absolute Gasteiger partial charge is 0.438 e. The fraction of sp³-hybridized carbons (Fsp3) is 0.333. The number of pyridine rings is 1. The molecule has 1 saturated heterocycles. The third-order valence-electron chi connectivity index (χ3n) is 4.52. The van der Waals surface area contributed by atoms with E-state index in [-0.39, 0.29) is 12.2 Å². The van der Waals surface area contributed by atoms with Crippen molar-refractivity contribution >= 4 is 5.97 Å². The van der Waals surface area contributed by atoms with Crippen molar-refractivity contribution in [3.05, 3.63) is 65.5 Å². The average Bonchev–Trinajstić information content (AvgIpc) is 2.94. The van der Waals surface area contributed by atoms with E-state index in [2.05, 4.69) is 20.9 Å². The second-order valence-electron chi connectivity index (χ2n) is 5.98. The fourth-order valence-electron chi connectivity index (χ4n) is 3.27. The van der Waals surface area contributed by atoms with Gasteiger partial charge in [0.1, 0.15) is 0 Å². The number of benzene rings is 1. The second-order valence-corrected chi connectivity index (χ2v) is 5.98. The highest BCUT2D eigenvalue weighted by Gasteiger charge is 2.36. The van der Waals surface area contributed by atoms with Crippen LogP contribution >= 0.6 is 0 Å². The van der Waals surface area contributed by atoms with Crippen molar-refractivity contribution in [2.45, 2.75) is 12.8 Å². The zero-order valence-electron chi connectivity index (χ0n) is 12.9. The van der Waals surface area contributed by atoms with Gasteiger partial charge in [0.05, 0.1) is 11.3 Å². The number of carbonyl (C=O) groups excluding carboxylic acids is 1. The number of hydrogen-bond acceptors (Lipinski definition) is 5. The topological polar surface area (TPSA) is 45.7 Å². The maximum atomic E-state index is 12.0. The van der Waals surface area contributed by atoms with Gasteiger partial charge in [0.25, 0.3) is 0 Å². The molecule has 5 nitrogen and oxygen atoms in total. The van der Waals surface area contributed by atoms with E-state index >= 15 is 0 Å². The van der Waals surface area contributed by atoms with Gasteiger partial charge >= 0.3 is 5.97 Å². The normalized spacial score (nSPS) is 21.9. The number of nitrogens with zero attached hydrogens (tertiary/aromatic N) is 3. The summed E-state index contributed by atoms with van der Waals surface area (Å²) >= 11 is 0. The predicted octanol–water partition coefficient (Wildman–Crippen LogP) is 2.07. The van der Waals surface area contributed by atoms with Crippen LogP contribution in [0.5, 0.6) is 0 Å². The lowest BCUT2D eigenvalue weighted by molar-refractivity contribution is -0.0420. The summed E-state index contributed by atoms with van der Waals surface area (Å²) in [4.78, 5) is 21.0. The maximum Gasteiger partial charge on any atom is 0.340 e. The van der Waals surface area contributed by atoms with Gasteiger partial charge in [-0.15, -0.1) is 0 Å². The van der Waals surface area contributed by atoms with E-state index in [1.165, 1.54) is 0 Å². The number of rotatable bonds is 3. The summed E-state index contributed by atoms with van der Waals surface area (Å²) in [6, 6.07) is 13.7. The molecule has 1 aromatic heterocycles. The minimum atomic E-state index is -0.226. The van der Waals surface area contributed by atoms with Crippen LogP contribution in [-0.4, -0.2) is 46.9 Å². The third kappa shape index (κ3) is 2.85. The van der Waals surface area contributed by atoms with Crippen LogP contribution < -0.4 is 0 Å². The Morgan fingerprint density at radius 3 is 2.61 bits per heavy atom. The molecule has 0 unspecified atom stereocenters. The fourth-order valence-corrected chi connectivity index (χ4v) is 3.27. The average molecular weight is 309 g/mol. The SMILES string of the molecule is O=C1O[C@@H](N2CCN(Cc3ccccn3)CC2)c2ccccc21. The summed E-state index contributed by atoms with van der Waals surface area (Å²) < 4.78 is 5.58. The lowest BCUT2D eigenvalue weighted by Gasteiger charge is -2.37. The van der Waals surface area contributed by atoms with Crippen LogP contribution in [0.25, 0.3) is 0 Å². The maximum absolute atomic E-state index is 12.0.